The highest BCUT2D eigenvalue weighted by Gasteiger charge is 2.09. The minimum Gasteiger partial charge on any atom is -0.340 e. The van der Waals surface area contributed by atoms with Crippen molar-refractivity contribution in [3.63, 3.8) is 0 Å². The molecule has 1 nitrogen and oxygen atoms in total. The molecule has 0 amide bonds. The van der Waals surface area contributed by atoms with Gasteiger partial charge in [-0.25, -0.2) is 0 Å². The van der Waals surface area contributed by atoms with Crippen molar-refractivity contribution in [3.8, 4) is 0 Å². The van der Waals surface area contributed by atoms with Crippen molar-refractivity contribution in [1.29, 1.82) is 0 Å². The molecule has 0 aliphatic heterocycles. The summed E-state index contributed by atoms with van der Waals surface area (Å²) in [5, 5.41) is 2.71. The molecular weight excluding hydrogens is 242 g/mol. The van der Waals surface area contributed by atoms with Crippen LogP contribution in [0.1, 0.15) is 31.7 Å². The first kappa shape index (κ1) is 13.0. The quantitative estimate of drug-likeness (QED) is 0.526. The molecule has 0 unspecified atom stereocenters. The number of hydrogen-bond donors (Lipinski definition) is 0. The molecule has 0 saturated heterocycles. The first-order valence-electron chi connectivity index (χ1n) is 7.48. The number of rotatable bonds is 5. The average molecular weight is 263 g/mol. The zero-order chi connectivity index (χ0) is 13.9. The van der Waals surface area contributed by atoms with Gasteiger partial charge in [-0.1, -0.05) is 62.8 Å². The molecule has 1 aromatic heterocycles. The molecule has 0 bridgehead atoms. The normalized spacial score (nSPS) is 11.2. The highest BCUT2D eigenvalue weighted by atomic mass is 15.0. The van der Waals surface area contributed by atoms with E-state index < -0.39 is 0 Å². The molecule has 1 heterocycles. The van der Waals surface area contributed by atoms with Gasteiger partial charge in [0.05, 0.1) is 0 Å². The summed E-state index contributed by atoms with van der Waals surface area (Å²) in [6.07, 6.45) is 5.71. The number of unbranched alkanes of at least 4 members (excludes halogenated alkanes) is 2. The molecule has 0 atom stereocenters. The average Bonchev–Trinajstić information content (AvgIpc) is 2.81. The largest absolute Gasteiger partial charge is 0.340 e. The zero-order valence-corrected chi connectivity index (χ0v) is 12.1. The third-order valence-electron chi connectivity index (χ3n) is 4.02. The second-order valence-electron chi connectivity index (χ2n) is 5.36. The summed E-state index contributed by atoms with van der Waals surface area (Å²) in [5.41, 5.74) is 3.87. The number of fused-ring (bicyclic) bond motifs is 3. The molecule has 0 spiro atoms. The summed E-state index contributed by atoms with van der Waals surface area (Å²) in [4.78, 5) is 0. The highest BCUT2D eigenvalue weighted by Crippen LogP contribution is 2.30. The molecule has 3 rings (SSSR count). The van der Waals surface area contributed by atoms with Gasteiger partial charge in [0, 0.05) is 28.4 Å². The molecule has 0 fully saturated rings. The van der Waals surface area contributed by atoms with Crippen LogP contribution in [0, 0.1) is 0 Å². The number of aryl methyl sites for hydroxylation is 1. The van der Waals surface area contributed by atoms with Crippen LogP contribution in [0.15, 0.2) is 49.0 Å². The lowest BCUT2D eigenvalue weighted by Crippen LogP contribution is -1.97. The summed E-state index contributed by atoms with van der Waals surface area (Å²) >= 11 is 0. The van der Waals surface area contributed by atoms with Crippen LogP contribution in [0.5, 0.6) is 0 Å². The molecular formula is C19H21N. The lowest BCUT2D eigenvalue weighted by atomic mass is 10.1. The second kappa shape index (κ2) is 5.54. The SMILES string of the molecule is C=Cc1ccc2c3ccccc3n(CCCCC)c2c1. The van der Waals surface area contributed by atoms with Crippen LogP contribution in [-0.4, -0.2) is 4.57 Å². The number of aromatic nitrogens is 1. The number of hydrogen-bond acceptors (Lipinski definition) is 0. The Morgan fingerprint density at radius 3 is 2.60 bits per heavy atom. The molecule has 20 heavy (non-hydrogen) atoms. The third kappa shape index (κ3) is 2.14. The fourth-order valence-corrected chi connectivity index (χ4v) is 2.95. The van der Waals surface area contributed by atoms with Crippen molar-refractivity contribution in [1.82, 2.24) is 4.57 Å². The summed E-state index contributed by atoms with van der Waals surface area (Å²) in [6, 6.07) is 15.3. The van der Waals surface area contributed by atoms with Gasteiger partial charge < -0.3 is 4.57 Å². The summed E-state index contributed by atoms with van der Waals surface area (Å²) in [5.74, 6) is 0. The Morgan fingerprint density at radius 1 is 1.00 bits per heavy atom. The van der Waals surface area contributed by atoms with Crippen molar-refractivity contribution >= 4 is 27.9 Å². The van der Waals surface area contributed by atoms with Gasteiger partial charge in [0.2, 0.25) is 0 Å². The van der Waals surface area contributed by atoms with E-state index in [1.165, 1.54) is 46.6 Å². The van der Waals surface area contributed by atoms with E-state index in [0.717, 1.165) is 6.54 Å². The van der Waals surface area contributed by atoms with Crippen LogP contribution in [0.4, 0.5) is 0 Å². The molecule has 0 saturated carbocycles. The Bertz CT molecular complexity index is 749. The van der Waals surface area contributed by atoms with Crippen LogP contribution >= 0.6 is 0 Å². The maximum Gasteiger partial charge on any atom is 0.0497 e. The van der Waals surface area contributed by atoms with Crippen molar-refractivity contribution < 1.29 is 0 Å². The Balaban J connectivity index is 2.22. The molecule has 1 heteroatoms. The Morgan fingerprint density at radius 2 is 1.80 bits per heavy atom. The van der Waals surface area contributed by atoms with Crippen molar-refractivity contribution in [3.05, 3.63) is 54.6 Å². The topological polar surface area (TPSA) is 4.93 Å². The van der Waals surface area contributed by atoms with E-state index >= 15 is 0 Å². The standard InChI is InChI=1S/C19H21N/c1-3-5-8-13-20-18-10-7-6-9-16(18)17-12-11-15(4-2)14-19(17)20/h4,6-7,9-12,14H,2-3,5,8,13H2,1H3. The van der Waals surface area contributed by atoms with Gasteiger partial charge in [-0.15, -0.1) is 0 Å². The predicted molar refractivity (Wildman–Crippen MR) is 89.1 cm³/mol. The highest BCUT2D eigenvalue weighted by molar-refractivity contribution is 6.08. The van der Waals surface area contributed by atoms with E-state index in [9.17, 15) is 0 Å². The van der Waals surface area contributed by atoms with E-state index in [1.807, 2.05) is 6.08 Å². The first-order chi connectivity index (χ1) is 9.85. The Hall–Kier alpha value is -2.02. The molecule has 0 aliphatic carbocycles. The monoisotopic (exact) mass is 263 g/mol. The van der Waals surface area contributed by atoms with E-state index in [0.29, 0.717) is 0 Å². The minimum absolute atomic E-state index is 1.10. The van der Waals surface area contributed by atoms with Gasteiger partial charge in [-0.05, 0) is 24.1 Å². The molecule has 102 valence electrons. The maximum atomic E-state index is 3.89. The van der Waals surface area contributed by atoms with Gasteiger partial charge in [-0.2, -0.15) is 0 Å². The molecule has 2 aromatic carbocycles. The molecule has 3 aromatic rings. The Labute approximate surface area is 120 Å². The lowest BCUT2D eigenvalue weighted by molar-refractivity contribution is 0.627. The van der Waals surface area contributed by atoms with Crippen LogP contribution in [0.25, 0.3) is 27.9 Å². The van der Waals surface area contributed by atoms with E-state index in [1.54, 1.807) is 0 Å². The van der Waals surface area contributed by atoms with Crippen LogP contribution in [-0.2, 0) is 6.54 Å². The van der Waals surface area contributed by atoms with Crippen molar-refractivity contribution in [2.45, 2.75) is 32.7 Å². The zero-order valence-electron chi connectivity index (χ0n) is 12.1. The summed E-state index contributed by atoms with van der Waals surface area (Å²) < 4.78 is 2.47. The number of para-hydroxylation sites is 1. The first-order valence-corrected chi connectivity index (χ1v) is 7.48. The van der Waals surface area contributed by atoms with Crippen LogP contribution in [0.3, 0.4) is 0 Å². The number of nitrogens with zero attached hydrogens (tertiary/aromatic N) is 1. The van der Waals surface area contributed by atoms with E-state index in [2.05, 4.69) is 60.5 Å². The number of benzene rings is 2. The molecule has 0 aliphatic rings. The van der Waals surface area contributed by atoms with Crippen LogP contribution < -0.4 is 0 Å². The van der Waals surface area contributed by atoms with Gasteiger partial charge in [-0.3, -0.25) is 0 Å². The predicted octanol–water partition coefficient (Wildman–Crippen LogP) is 5.63. The third-order valence-corrected chi connectivity index (χ3v) is 4.02. The molecule has 0 N–H and O–H groups in total. The fraction of sp³-hybridized carbons (Fsp3) is 0.263. The maximum absolute atomic E-state index is 3.89. The smallest absolute Gasteiger partial charge is 0.0497 e. The summed E-state index contributed by atoms with van der Waals surface area (Å²) in [6.45, 7) is 7.23. The van der Waals surface area contributed by atoms with Gasteiger partial charge >= 0.3 is 0 Å². The van der Waals surface area contributed by atoms with Gasteiger partial charge in [0.15, 0.2) is 0 Å². The molecule has 0 radical (unpaired) electrons. The van der Waals surface area contributed by atoms with E-state index in [4.69, 9.17) is 0 Å². The van der Waals surface area contributed by atoms with Gasteiger partial charge in [0.1, 0.15) is 0 Å². The van der Waals surface area contributed by atoms with Crippen molar-refractivity contribution in [2.24, 2.45) is 0 Å². The summed E-state index contributed by atoms with van der Waals surface area (Å²) in [7, 11) is 0. The van der Waals surface area contributed by atoms with Gasteiger partial charge in [0.25, 0.3) is 0 Å². The van der Waals surface area contributed by atoms with Crippen LogP contribution in [0.2, 0.25) is 0 Å². The minimum atomic E-state index is 1.10. The fourth-order valence-electron chi connectivity index (χ4n) is 2.95. The lowest BCUT2D eigenvalue weighted by Gasteiger charge is -2.07. The second-order valence-corrected chi connectivity index (χ2v) is 5.36. The van der Waals surface area contributed by atoms with E-state index in [-0.39, 0.29) is 0 Å². The Kier molecular flexibility index (Phi) is 3.60. The van der Waals surface area contributed by atoms with Crippen molar-refractivity contribution in [2.75, 3.05) is 0 Å².